The van der Waals surface area contributed by atoms with Crippen molar-refractivity contribution in [3.8, 4) is 11.5 Å². The van der Waals surface area contributed by atoms with Crippen LogP contribution in [0.2, 0.25) is 19.1 Å². The first-order valence-corrected chi connectivity index (χ1v) is 9.46. The molecule has 0 bridgehead atoms. The van der Waals surface area contributed by atoms with Crippen LogP contribution in [0.3, 0.4) is 0 Å². The Bertz CT molecular complexity index is 402. The largest absolute Gasteiger partial charge is 0.542 e. The number of ether oxygens (including phenoxy) is 1. The first-order chi connectivity index (χ1) is 8.52. The van der Waals surface area contributed by atoms with Crippen molar-refractivity contribution in [2.24, 2.45) is 0 Å². The Hall–Kier alpha value is -1.29. The van der Waals surface area contributed by atoms with Gasteiger partial charge in [-0.3, -0.25) is 4.79 Å². The van der Waals surface area contributed by atoms with Crippen LogP contribution in [0.1, 0.15) is 30.1 Å². The van der Waals surface area contributed by atoms with Gasteiger partial charge < -0.3 is 9.16 Å². The zero-order valence-electron chi connectivity index (χ0n) is 11.7. The molecule has 0 saturated carbocycles. The van der Waals surface area contributed by atoms with E-state index < -0.39 is 8.32 Å². The van der Waals surface area contributed by atoms with Crippen molar-refractivity contribution in [3.63, 3.8) is 0 Å². The first-order valence-electron chi connectivity index (χ1n) is 6.34. The van der Waals surface area contributed by atoms with Gasteiger partial charge in [-0.15, -0.1) is 0 Å². The molecule has 1 aromatic carbocycles. The van der Waals surface area contributed by atoms with Crippen molar-refractivity contribution in [1.82, 2.24) is 0 Å². The van der Waals surface area contributed by atoms with Gasteiger partial charge in [-0.25, -0.2) is 0 Å². The lowest BCUT2D eigenvalue weighted by molar-refractivity contribution is 0.112. The van der Waals surface area contributed by atoms with E-state index in [1.165, 1.54) is 12.8 Å². The number of benzene rings is 1. The second kappa shape index (κ2) is 6.59. The minimum absolute atomic E-state index is 0.604. The molecule has 0 saturated heterocycles. The molecule has 1 aromatic rings. The fraction of sp³-hybridized carbons (Fsp3) is 0.500. The molecule has 0 N–H and O–H groups in total. The third-order valence-corrected chi connectivity index (χ3v) is 5.17. The number of methoxy groups -OCH3 is 1. The van der Waals surface area contributed by atoms with Crippen molar-refractivity contribution < 1.29 is 14.0 Å². The zero-order chi connectivity index (χ0) is 13.6. The molecule has 4 heteroatoms. The molecular weight excluding hydrogens is 244 g/mol. The molecule has 0 radical (unpaired) electrons. The van der Waals surface area contributed by atoms with Crippen molar-refractivity contribution >= 4 is 14.6 Å². The fourth-order valence-electron chi connectivity index (χ4n) is 1.79. The minimum Gasteiger partial charge on any atom is -0.542 e. The molecule has 0 fully saturated rings. The average Bonchev–Trinajstić information content (AvgIpc) is 2.36. The van der Waals surface area contributed by atoms with Crippen LogP contribution in [0.15, 0.2) is 18.2 Å². The molecule has 0 heterocycles. The van der Waals surface area contributed by atoms with Crippen molar-refractivity contribution in [2.45, 2.75) is 38.9 Å². The summed E-state index contributed by atoms with van der Waals surface area (Å²) in [5, 5.41) is 0. The summed E-state index contributed by atoms with van der Waals surface area (Å²) in [6, 6.07) is 6.42. The molecule has 0 aliphatic carbocycles. The molecule has 3 nitrogen and oxygen atoms in total. The summed E-state index contributed by atoms with van der Waals surface area (Å²) in [5.74, 6) is 1.38. The molecule has 0 spiro atoms. The van der Waals surface area contributed by atoms with Crippen LogP contribution >= 0.6 is 0 Å². The highest BCUT2D eigenvalue weighted by Crippen LogP contribution is 2.31. The Balaban J connectivity index is 2.86. The second-order valence-electron chi connectivity index (χ2n) is 4.99. The summed E-state index contributed by atoms with van der Waals surface area (Å²) >= 11 is 0. The van der Waals surface area contributed by atoms with Gasteiger partial charge in [-0.1, -0.05) is 19.8 Å². The van der Waals surface area contributed by atoms with E-state index >= 15 is 0 Å². The van der Waals surface area contributed by atoms with E-state index in [-0.39, 0.29) is 0 Å². The summed E-state index contributed by atoms with van der Waals surface area (Å²) in [6.07, 6.45) is 3.18. The molecule has 0 aliphatic rings. The minimum atomic E-state index is -1.71. The molecule has 0 aromatic heterocycles. The Morgan fingerprint density at radius 3 is 2.56 bits per heavy atom. The maximum atomic E-state index is 10.7. The molecule has 100 valence electrons. The predicted molar refractivity (Wildman–Crippen MR) is 76.2 cm³/mol. The summed E-state index contributed by atoms with van der Waals surface area (Å²) < 4.78 is 11.4. The van der Waals surface area contributed by atoms with E-state index in [1.54, 1.807) is 19.2 Å². The monoisotopic (exact) mass is 266 g/mol. The molecule has 18 heavy (non-hydrogen) atoms. The predicted octanol–water partition coefficient (Wildman–Crippen LogP) is 3.89. The maximum Gasteiger partial charge on any atom is 0.245 e. The lowest BCUT2D eigenvalue weighted by atomic mass is 10.2. The van der Waals surface area contributed by atoms with Crippen LogP contribution in [0, 0.1) is 0 Å². The van der Waals surface area contributed by atoms with Gasteiger partial charge in [0.15, 0.2) is 5.75 Å². The number of unbranched alkanes of at least 4 members (excludes halogenated alkanes) is 1. The van der Waals surface area contributed by atoms with Crippen LogP contribution in [0.25, 0.3) is 0 Å². The van der Waals surface area contributed by atoms with E-state index in [2.05, 4.69) is 20.0 Å². The summed E-state index contributed by atoms with van der Waals surface area (Å²) in [5.41, 5.74) is 0.604. The van der Waals surface area contributed by atoms with Crippen LogP contribution in [0.4, 0.5) is 0 Å². The van der Waals surface area contributed by atoms with Gasteiger partial charge in [-0.2, -0.15) is 0 Å². The van der Waals surface area contributed by atoms with Crippen LogP contribution in [0.5, 0.6) is 11.5 Å². The molecule has 0 unspecified atom stereocenters. The molecule has 1 rings (SSSR count). The smallest absolute Gasteiger partial charge is 0.245 e. The lowest BCUT2D eigenvalue weighted by Crippen LogP contribution is -2.33. The number of aldehydes is 1. The van der Waals surface area contributed by atoms with Crippen molar-refractivity contribution in [1.29, 1.82) is 0 Å². The van der Waals surface area contributed by atoms with Crippen LogP contribution < -0.4 is 9.16 Å². The van der Waals surface area contributed by atoms with E-state index in [0.717, 1.165) is 18.1 Å². The SMILES string of the molecule is CCCC[Si](C)(C)Oc1ccc(C=O)cc1OC. The van der Waals surface area contributed by atoms with Crippen molar-refractivity contribution in [2.75, 3.05) is 7.11 Å². The first kappa shape index (κ1) is 14.8. The van der Waals surface area contributed by atoms with Crippen LogP contribution in [-0.4, -0.2) is 21.7 Å². The standard InChI is InChI=1S/C14H22O3Si/c1-5-6-9-18(3,4)17-13-8-7-12(11-15)10-14(13)16-2/h7-8,10-11H,5-6,9H2,1-4H3. The Kier molecular flexibility index (Phi) is 5.41. The normalized spacial score (nSPS) is 11.1. The summed E-state index contributed by atoms with van der Waals surface area (Å²) in [7, 11) is -0.114. The maximum absolute atomic E-state index is 10.7. The quantitative estimate of drug-likeness (QED) is 0.555. The number of carbonyl (C=O) groups excluding carboxylic acids is 1. The van der Waals surface area contributed by atoms with Gasteiger partial charge in [0.25, 0.3) is 0 Å². The molecule has 0 amide bonds. The molecular formula is C14H22O3Si. The highest BCUT2D eigenvalue weighted by Gasteiger charge is 2.25. The summed E-state index contributed by atoms with van der Waals surface area (Å²) in [4.78, 5) is 10.7. The van der Waals surface area contributed by atoms with Gasteiger partial charge in [-0.05, 0) is 37.3 Å². The van der Waals surface area contributed by atoms with E-state index in [0.29, 0.717) is 11.3 Å². The number of hydrogen-bond donors (Lipinski definition) is 0. The Labute approximate surface area is 110 Å². The number of carbonyl (C=O) groups is 1. The van der Waals surface area contributed by atoms with E-state index in [9.17, 15) is 4.79 Å². The number of hydrogen-bond acceptors (Lipinski definition) is 3. The number of rotatable bonds is 7. The van der Waals surface area contributed by atoms with Gasteiger partial charge in [0.2, 0.25) is 8.32 Å². The average molecular weight is 266 g/mol. The second-order valence-corrected chi connectivity index (χ2v) is 9.22. The van der Waals surface area contributed by atoms with Crippen LogP contribution in [-0.2, 0) is 0 Å². The topological polar surface area (TPSA) is 35.5 Å². The Morgan fingerprint density at radius 1 is 1.28 bits per heavy atom. The summed E-state index contributed by atoms with van der Waals surface area (Å²) in [6.45, 7) is 6.59. The van der Waals surface area contributed by atoms with Gasteiger partial charge in [0, 0.05) is 5.56 Å². The third-order valence-electron chi connectivity index (χ3n) is 2.84. The molecule has 0 atom stereocenters. The third kappa shape index (κ3) is 4.18. The van der Waals surface area contributed by atoms with Gasteiger partial charge in [0.1, 0.15) is 12.0 Å². The van der Waals surface area contributed by atoms with E-state index in [4.69, 9.17) is 9.16 Å². The fourth-order valence-corrected chi connectivity index (χ4v) is 3.86. The van der Waals surface area contributed by atoms with E-state index in [1.807, 2.05) is 6.07 Å². The van der Waals surface area contributed by atoms with Gasteiger partial charge in [0.05, 0.1) is 7.11 Å². The van der Waals surface area contributed by atoms with Gasteiger partial charge >= 0.3 is 0 Å². The molecule has 0 aliphatic heterocycles. The zero-order valence-corrected chi connectivity index (χ0v) is 12.7. The Morgan fingerprint density at radius 2 is 2.00 bits per heavy atom. The highest BCUT2D eigenvalue weighted by molar-refractivity contribution is 6.71. The highest BCUT2D eigenvalue weighted by atomic mass is 28.4. The lowest BCUT2D eigenvalue weighted by Gasteiger charge is -2.25. The van der Waals surface area contributed by atoms with Crippen molar-refractivity contribution in [3.05, 3.63) is 23.8 Å².